The number of imidazole rings is 1. The van der Waals surface area contributed by atoms with Gasteiger partial charge in [-0.3, -0.25) is 0 Å². The van der Waals surface area contributed by atoms with E-state index >= 15 is 0 Å². The summed E-state index contributed by atoms with van der Waals surface area (Å²) in [4.78, 5) is 2.72. The van der Waals surface area contributed by atoms with Crippen LogP contribution in [0.1, 0.15) is 5.56 Å². The molecule has 108 valence electrons. The third-order valence-electron chi connectivity index (χ3n) is 3.17. The second kappa shape index (κ2) is 5.00. The van der Waals surface area contributed by atoms with Gasteiger partial charge in [0, 0.05) is 11.6 Å². The molecule has 0 amide bonds. The molecule has 3 rings (SSSR count). The standard InChI is InChI=1S/C14H8F4N2S/c15-8-2-1-7(10(17)5-8)6-20-13-11(19-14(20)21)4-3-9(16)12(13)18/h1-5H,6H2,(H,19,21). The summed E-state index contributed by atoms with van der Waals surface area (Å²) in [6.07, 6.45) is 0. The van der Waals surface area contributed by atoms with Gasteiger partial charge in [-0.15, -0.1) is 0 Å². The molecule has 0 saturated heterocycles. The van der Waals surface area contributed by atoms with Gasteiger partial charge in [0.15, 0.2) is 16.4 Å². The number of hydrogen-bond acceptors (Lipinski definition) is 1. The lowest BCUT2D eigenvalue weighted by atomic mass is 10.2. The molecule has 0 saturated carbocycles. The van der Waals surface area contributed by atoms with Crippen LogP contribution in [0, 0.1) is 28.0 Å². The Hall–Kier alpha value is -2.15. The van der Waals surface area contributed by atoms with Crippen molar-refractivity contribution in [3.8, 4) is 0 Å². The molecule has 0 fully saturated rings. The van der Waals surface area contributed by atoms with Crippen LogP contribution in [0.25, 0.3) is 11.0 Å². The second-order valence-corrected chi connectivity index (χ2v) is 4.90. The Morgan fingerprint density at radius 1 is 1.00 bits per heavy atom. The van der Waals surface area contributed by atoms with Gasteiger partial charge in [0.1, 0.15) is 17.2 Å². The fraction of sp³-hybridized carbons (Fsp3) is 0.0714. The molecule has 0 aliphatic rings. The fourth-order valence-electron chi connectivity index (χ4n) is 2.16. The minimum Gasteiger partial charge on any atom is -0.330 e. The highest BCUT2D eigenvalue weighted by Gasteiger charge is 2.15. The van der Waals surface area contributed by atoms with Crippen LogP contribution in [0.5, 0.6) is 0 Å². The van der Waals surface area contributed by atoms with Crippen molar-refractivity contribution < 1.29 is 17.6 Å². The molecule has 2 aromatic carbocycles. The molecule has 0 bridgehead atoms. The Kier molecular flexibility index (Phi) is 3.29. The summed E-state index contributed by atoms with van der Waals surface area (Å²) in [5.74, 6) is -3.58. The molecule has 0 atom stereocenters. The summed E-state index contributed by atoms with van der Waals surface area (Å²) < 4.78 is 55.2. The van der Waals surface area contributed by atoms with E-state index in [1.807, 2.05) is 0 Å². The molecule has 0 radical (unpaired) electrons. The Balaban J connectivity index is 2.18. The van der Waals surface area contributed by atoms with Crippen LogP contribution >= 0.6 is 12.2 Å². The lowest BCUT2D eigenvalue weighted by molar-refractivity contribution is 0.511. The predicted molar refractivity (Wildman–Crippen MR) is 72.5 cm³/mol. The average Bonchev–Trinajstić information content (AvgIpc) is 2.74. The van der Waals surface area contributed by atoms with E-state index in [0.717, 1.165) is 18.2 Å². The number of halogens is 4. The first-order valence-electron chi connectivity index (χ1n) is 5.98. The number of fused-ring (bicyclic) bond motifs is 1. The number of rotatable bonds is 2. The number of aromatic nitrogens is 2. The van der Waals surface area contributed by atoms with Crippen LogP contribution < -0.4 is 0 Å². The van der Waals surface area contributed by atoms with Gasteiger partial charge in [-0.2, -0.15) is 0 Å². The number of H-pyrrole nitrogens is 1. The molecule has 0 spiro atoms. The Morgan fingerprint density at radius 3 is 2.48 bits per heavy atom. The van der Waals surface area contributed by atoms with E-state index in [4.69, 9.17) is 12.2 Å². The van der Waals surface area contributed by atoms with E-state index < -0.39 is 23.3 Å². The molecule has 7 heteroatoms. The summed E-state index contributed by atoms with van der Waals surface area (Å²) in [6.45, 7) is -0.134. The fourth-order valence-corrected chi connectivity index (χ4v) is 2.43. The zero-order valence-electron chi connectivity index (χ0n) is 10.5. The molecule has 1 N–H and O–H groups in total. The summed E-state index contributed by atoms with van der Waals surface area (Å²) in [7, 11) is 0. The molecule has 0 unspecified atom stereocenters. The Bertz CT molecular complexity index is 898. The zero-order valence-corrected chi connectivity index (χ0v) is 11.3. The molecular formula is C14H8F4N2S. The predicted octanol–water partition coefficient (Wildman–Crippen LogP) is 4.30. The van der Waals surface area contributed by atoms with Gasteiger partial charge in [0.2, 0.25) is 0 Å². The molecule has 3 aromatic rings. The summed E-state index contributed by atoms with van der Waals surface area (Å²) >= 11 is 5.05. The second-order valence-electron chi connectivity index (χ2n) is 4.51. The van der Waals surface area contributed by atoms with Crippen LogP contribution in [-0.2, 0) is 6.54 Å². The van der Waals surface area contributed by atoms with Crippen molar-refractivity contribution in [3.05, 3.63) is 63.9 Å². The first-order chi connectivity index (χ1) is 9.97. The van der Waals surface area contributed by atoms with Crippen LogP contribution in [0.2, 0.25) is 0 Å². The maximum atomic E-state index is 13.9. The van der Waals surface area contributed by atoms with Gasteiger partial charge in [0.05, 0.1) is 12.1 Å². The Morgan fingerprint density at radius 2 is 1.76 bits per heavy atom. The lowest BCUT2D eigenvalue weighted by Gasteiger charge is -2.07. The maximum Gasteiger partial charge on any atom is 0.184 e. The third kappa shape index (κ3) is 2.33. The summed E-state index contributed by atoms with van der Waals surface area (Å²) in [5, 5.41) is 0. The highest BCUT2D eigenvalue weighted by Crippen LogP contribution is 2.22. The number of nitrogens with zero attached hydrogens (tertiary/aromatic N) is 1. The summed E-state index contributed by atoms with van der Waals surface area (Å²) in [6, 6.07) is 5.38. The zero-order chi connectivity index (χ0) is 15.1. The topological polar surface area (TPSA) is 20.7 Å². The minimum absolute atomic E-state index is 0.0799. The van der Waals surface area contributed by atoms with E-state index in [2.05, 4.69) is 4.98 Å². The van der Waals surface area contributed by atoms with Crippen LogP contribution in [0.15, 0.2) is 30.3 Å². The van der Waals surface area contributed by atoms with Gasteiger partial charge < -0.3 is 9.55 Å². The number of benzene rings is 2. The van der Waals surface area contributed by atoms with Crippen LogP contribution in [0.4, 0.5) is 17.6 Å². The largest absolute Gasteiger partial charge is 0.330 e. The van der Waals surface area contributed by atoms with Gasteiger partial charge in [0.25, 0.3) is 0 Å². The highest BCUT2D eigenvalue weighted by atomic mass is 32.1. The first-order valence-corrected chi connectivity index (χ1v) is 6.38. The monoisotopic (exact) mass is 312 g/mol. The van der Waals surface area contributed by atoms with Gasteiger partial charge in [-0.1, -0.05) is 6.07 Å². The lowest BCUT2D eigenvalue weighted by Crippen LogP contribution is -2.04. The minimum atomic E-state index is -1.07. The molecule has 21 heavy (non-hydrogen) atoms. The van der Waals surface area contributed by atoms with Gasteiger partial charge in [-0.05, 0) is 30.4 Å². The van der Waals surface area contributed by atoms with E-state index in [-0.39, 0.29) is 22.4 Å². The average molecular weight is 312 g/mol. The molecular weight excluding hydrogens is 304 g/mol. The number of aromatic amines is 1. The molecule has 1 aromatic heterocycles. The van der Waals surface area contributed by atoms with Gasteiger partial charge >= 0.3 is 0 Å². The molecule has 0 aliphatic carbocycles. The molecule has 0 aliphatic heterocycles. The van der Waals surface area contributed by atoms with E-state index in [1.54, 1.807) is 0 Å². The van der Waals surface area contributed by atoms with Crippen molar-refractivity contribution >= 4 is 23.3 Å². The first kappa shape index (κ1) is 13.8. The van der Waals surface area contributed by atoms with Crippen LogP contribution in [0.3, 0.4) is 0 Å². The summed E-state index contributed by atoms with van der Waals surface area (Å²) in [5.41, 5.74) is 0.349. The molecule has 1 heterocycles. The van der Waals surface area contributed by atoms with Crippen molar-refractivity contribution in [3.63, 3.8) is 0 Å². The van der Waals surface area contributed by atoms with Crippen molar-refractivity contribution in [1.29, 1.82) is 0 Å². The SMILES string of the molecule is Fc1ccc(Cn2c(=S)[nH]c3ccc(F)c(F)c32)c(F)c1. The van der Waals surface area contributed by atoms with Gasteiger partial charge in [-0.25, -0.2) is 17.6 Å². The van der Waals surface area contributed by atoms with E-state index in [0.29, 0.717) is 5.52 Å². The van der Waals surface area contributed by atoms with E-state index in [1.165, 1.54) is 16.7 Å². The van der Waals surface area contributed by atoms with Crippen LogP contribution in [-0.4, -0.2) is 9.55 Å². The number of hydrogen-bond donors (Lipinski definition) is 1. The quantitative estimate of drug-likeness (QED) is 0.552. The van der Waals surface area contributed by atoms with Crippen molar-refractivity contribution in [2.75, 3.05) is 0 Å². The van der Waals surface area contributed by atoms with Crippen molar-refractivity contribution in [2.24, 2.45) is 0 Å². The van der Waals surface area contributed by atoms with Crippen molar-refractivity contribution in [2.45, 2.75) is 6.54 Å². The van der Waals surface area contributed by atoms with E-state index in [9.17, 15) is 17.6 Å². The maximum absolute atomic E-state index is 13.9. The Labute approximate surface area is 121 Å². The number of nitrogens with one attached hydrogen (secondary N) is 1. The van der Waals surface area contributed by atoms with Crippen molar-refractivity contribution in [1.82, 2.24) is 9.55 Å². The smallest absolute Gasteiger partial charge is 0.184 e. The molecule has 2 nitrogen and oxygen atoms in total. The highest BCUT2D eigenvalue weighted by molar-refractivity contribution is 7.71. The normalized spacial score (nSPS) is 11.2. The third-order valence-corrected chi connectivity index (χ3v) is 3.49.